The zero-order valence-corrected chi connectivity index (χ0v) is 10.7. The van der Waals surface area contributed by atoms with Crippen molar-refractivity contribution in [3.8, 4) is 6.07 Å². The van der Waals surface area contributed by atoms with Gasteiger partial charge in [-0.25, -0.2) is 4.90 Å². The summed E-state index contributed by atoms with van der Waals surface area (Å²) < 4.78 is 0. The Morgan fingerprint density at radius 3 is 2.35 bits per heavy atom. The van der Waals surface area contributed by atoms with Gasteiger partial charge in [-0.1, -0.05) is 18.2 Å². The summed E-state index contributed by atoms with van der Waals surface area (Å²) in [4.78, 5) is 26.4. The number of benzene rings is 1. The maximum Gasteiger partial charge on any atom is 0.238 e. The van der Waals surface area contributed by atoms with E-state index in [9.17, 15) is 9.59 Å². The minimum atomic E-state index is -0.191. The first-order valence-corrected chi connectivity index (χ1v) is 6.77. The molecule has 20 heavy (non-hydrogen) atoms. The largest absolute Gasteiger partial charge is 0.274 e. The van der Waals surface area contributed by atoms with Crippen molar-refractivity contribution >= 4 is 17.5 Å². The van der Waals surface area contributed by atoms with Gasteiger partial charge in [0.25, 0.3) is 0 Å². The van der Waals surface area contributed by atoms with Crippen LogP contribution in [0.2, 0.25) is 0 Å². The van der Waals surface area contributed by atoms with Crippen LogP contribution >= 0.6 is 0 Å². The van der Waals surface area contributed by atoms with Crippen molar-refractivity contribution in [2.75, 3.05) is 4.90 Å². The van der Waals surface area contributed by atoms with Gasteiger partial charge in [0, 0.05) is 0 Å². The van der Waals surface area contributed by atoms with E-state index in [0.29, 0.717) is 11.3 Å². The van der Waals surface area contributed by atoms with Gasteiger partial charge in [0.2, 0.25) is 11.8 Å². The molecule has 1 aliphatic heterocycles. The molecule has 0 aromatic heterocycles. The van der Waals surface area contributed by atoms with E-state index >= 15 is 0 Å². The summed E-state index contributed by atoms with van der Waals surface area (Å²) in [5.41, 5.74) is 0.981. The fourth-order valence-electron chi connectivity index (χ4n) is 3.87. The van der Waals surface area contributed by atoms with Crippen LogP contribution in [0.4, 0.5) is 5.69 Å². The third kappa shape index (κ3) is 1.30. The van der Waals surface area contributed by atoms with Gasteiger partial charge >= 0.3 is 0 Å². The zero-order valence-electron chi connectivity index (χ0n) is 10.7. The number of rotatable bonds is 1. The lowest BCUT2D eigenvalue weighted by Crippen LogP contribution is -2.32. The molecule has 4 heteroatoms. The van der Waals surface area contributed by atoms with E-state index < -0.39 is 0 Å². The van der Waals surface area contributed by atoms with Crippen LogP contribution < -0.4 is 4.90 Å². The van der Waals surface area contributed by atoms with Gasteiger partial charge in [-0.3, -0.25) is 9.59 Å². The Hall–Kier alpha value is -2.41. The van der Waals surface area contributed by atoms with Crippen LogP contribution in [0.15, 0.2) is 36.4 Å². The smallest absolute Gasteiger partial charge is 0.238 e. The highest BCUT2D eigenvalue weighted by molar-refractivity contribution is 6.22. The van der Waals surface area contributed by atoms with Crippen molar-refractivity contribution in [3.63, 3.8) is 0 Å². The Morgan fingerprint density at radius 1 is 1.10 bits per heavy atom. The molecular formula is C16H12N2O2. The van der Waals surface area contributed by atoms with Gasteiger partial charge in [-0.2, -0.15) is 5.26 Å². The number of allylic oxidation sites excluding steroid dienone is 2. The van der Waals surface area contributed by atoms with Crippen molar-refractivity contribution in [2.24, 2.45) is 23.7 Å². The summed E-state index contributed by atoms with van der Waals surface area (Å²) in [7, 11) is 0. The molecule has 4 nitrogen and oxygen atoms in total. The number of hydrogen-bond acceptors (Lipinski definition) is 3. The van der Waals surface area contributed by atoms with Crippen LogP contribution in [0.3, 0.4) is 0 Å². The number of carbonyl (C=O) groups excluding carboxylic acids is 2. The molecule has 2 amide bonds. The highest BCUT2D eigenvalue weighted by Crippen LogP contribution is 2.53. The number of anilines is 1. The third-order valence-electron chi connectivity index (χ3n) is 4.70. The summed E-state index contributed by atoms with van der Waals surface area (Å²) in [5, 5.41) is 8.94. The van der Waals surface area contributed by atoms with Crippen LogP contribution in [0, 0.1) is 35.0 Å². The fourth-order valence-corrected chi connectivity index (χ4v) is 3.87. The Morgan fingerprint density at radius 2 is 1.75 bits per heavy atom. The molecule has 1 saturated carbocycles. The molecular weight excluding hydrogens is 252 g/mol. The normalized spacial score (nSPS) is 33.6. The number of hydrogen-bond donors (Lipinski definition) is 0. The van der Waals surface area contributed by atoms with Crippen molar-refractivity contribution < 1.29 is 9.59 Å². The number of amides is 2. The predicted octanol–water partition coefficient (Wildman–Crippen LogP) is 1.87. The van der Waals surface area contributed by atoms with Crippen molar-refractivity contribution in [1.29, 1.82) is 5.26 Å². The first kappa shape index (κ1) is 11.4. The van der Waals surface area contributed by atoms with Crippen LogP contribution in [0.5, 0.6) is 0 Å². The second-order valence-corrected chi connectivity index (χ2v) is 5.67. The van der Waals surface area contributed by atoms with Gasteiger partial charge in [0.1, 0.15) is 0 Å². The molecule has 98 valence electrons. The van der Waals surface area contributed by atoms with Crippen molar-refractivity contribution in [1.82, 2.24) is 0 Å². The van der Waals surface area contributed by atoms with E-state index in [1.54, 1.807) is 24.3 Å². The SMILES string of the molecule is N#Cc1cccc(N2C(=O)C3C4C=CC(C4)C3C2=O)c1. The standard InChI is InChI=1S/C16H12N2O2/c17-8-9-2-1-3-12(6-9)18-15(19)13-10-4-5-11(7-10)14(13)16(18)20/h1-6,10-11,13-14H,7H2. The molecule has 4 atom stereocenters. The fraction of sp³-hybridized carbons (Fsp3) is 0.312. The highest BCUT2D eigenvalue weighted by Gasteiger charge is 2.59. The quantitative estimate of drug-likeness (QED) is 0.574. The van der Waals surface area contributed by atoms with Gasteiger partial charge in [-0.05, 0) is 36.5 Å². The van der Waals surface area contributed by atoms with Gasteiger partial charge < -0.3 is 0 Å². The second kappa shape index (κ2) is 3.80. The van der Waals surface area contributed by atoms with E-state index in [2.05, 4.69) is 12.2 Å². The molecule has 2 aliphatic carbocycles. The lowest BCUT2D eigenvalue weighted by molar-refractivity contribution is -0.123. The van der Waals surface area contributed by atoms with E-state index in [-0.39, 0.29) is 35.5 Å². The molecule has 2 bridgehead atoms. The molecule has 0 radical (unpaired) electrons. The van der Waals surface area contributed by atoms with E-state index in [4.69, 9.17) is 5.26 Å². The molecule has 1 saturated heterocycles. The molecule has 4 unspecified atom stereocenters. The molecule has 1 aromatic carbocycles. The van der Waals surface area contributed by atoms with Gasteiger partial charge in [-0.15, -0.1) is 0 Å². The van der Waals surface area contributed by atoms with Gasteiger partial charge in [0.15, 0.2) is 0 Å². The van der Waals surface area contributed by atoms with E-state index in [1.807, 2.05) is 6.07 Å². The Kier molecular flexibility index (Phi) is 2.17. The van der Waals surface area contributed by atoms with Crippen LogP contribution in [-0.4, -0.2) is 11.8 Å². The molecule has 1 aromatic rings. The second-order valence-electron chi connectivity index (χ2n) is 5.67. The van der Waals surface area contributed by atoms with Crippen LogP contribution in [0.1, 0.15) is 12.0 Å². The highest BCUT2D eigenvalue weighted by atomic mass is 16.2. The average molecular weight is 264 g/mol. The number of nitrogens with zero attached hydrogens (tertiary/aromatic N) is 2. The monoisotopic (exact) mass is 264 g/mol. The van der Waals surface area contributed by atoms with E-state index in [0.717, 1.165) is 6.42 Å². The minimum absolute atomic E-state index is 0.105. The lowest BCUT2D eigenvalue weighted by atomic mass is 9.85. The minimum Gasteiger partial charge on any atom is -0.274 e. The molecule has 0 N–H and O–H groups in total. The van der Waals surface area contributed by atoms with E-state index in [1.165, 1.54) is 4.90 Å². The maximum absolute atomic E-state index is 12.6. The Labute approximate surface area is 116 Å². The summed E-state index contributed by atoms with van der Waals surface area (Å²) in [6.45, 7) is 0. The molecule has 2 fully saturated rings. The van der Waals surface area contributed by atoms with Crippen LogP contribution in [0.25, 0.3) is 0 Å². The molecule has 4 rings (SSSR count). The number of nitriles is 1. The maximum atomic E-state index is 12.6. The predicted molar refractivity (Wildman–Crippen MR) is 71.4 cm³/mol. The zero-order chi connectivity index (χ0) is 13.9. The lowest BCUT2D eigenvalue weighted by Gasteiger charge is -2.17. The summed E-state index contributed by atoms with van der Waals surface area (Å²) in [6, 6.07) is 8.73. The summed E-state index contributed by atoms with van der Waals surface area (Å²) in [6.07, 6.45) is 5.08. The molecule has 1 heterocycles. The van der Waals surface area contributed by atoms with Crippen molar-refractivity contribution in [3.05, 3.63) is 42.0 Å². The Balaban J connectivity index is 1.76. The number of fused-ring (bicyclic) bond motifs is 5. The Bertz CT molecular complexity index is 671. The molecule has 0 spiro atoms. The summed E-state index contributed by atoms with van der Waals surface area (Å²) in [5.74, 6) is -0.165. The van der Waals surface area contributed by atoms with Gasteiger partial charge in [0.05, 0.1) is 29.2 Å². The molecule has 3 aliphatic rings. The number of imide groups is 1. The average Bonchev–Trinajstić information content (AvgIpc) is 3.13. The third-order valence-corrected chi connectivity index (χ3v) is 4.70. The van der Waals surface area contributed by atoms with Crippen LogP contribution in [-0.2, 0) is 9.59 Å². The number of carbonyl (C=O) groups is 2. The summed E-state index contributed by atoms with van der Waals surface area (Å²) >= 11 is 0. The first-order valence-electron chi connectivity index (χ1n) is 6.77. The topological polar surface area (TPSA) is 61.2 Å². The first-order chi connectivity index (χ1) is 9.70. The van der Waals surface area contributed by atoms with Crippen molar-refractivity contribution in [2.45, 2.75) is 6.42 Å².